The predicted octanol–water partition coefficient (Wildman–Crippen LogP) is 4.22. The van der Waals surface area contributed by atoms with Crippen molar-refractivity contribution in [3.8, 4) is 5.75 Å². The zero-order chi connectivity index (χ0) is 16.1. The Bertz CT molecular complexity index is 667. The van der Waals surface area contributed by atoms with Crippen LogP contribution in [0.15, 0.2) is 22.7 Å². The van der Waals surface area contributed by atoms with Gasteiger partial charge in [-0.1, -0.05) is 13.3 Å². The highest BCUT2D eigenvalue weighted by atomic mass is 79.9. The molecule has 5 nitrogen and oxygen atoms in total. The molecule has 1 aromatic heterocycles. The van der Waals surface area contributed by atoms with Crippen molar-refractivity contribution in [3.05, 3.63) is 39.6 Å². The number of amides is 1. The van der Waals surface area contributed by atoms with Gasteiger partial charge >= 0.3 is 0 Å². The van der Waals surface area contributed by atoms with Crippen molar-refractivity contribution in [3.63, 3.8) is 0 Å². The van der Waals surface area contributed by atoms with E-state index in [1.54, 1.807) is 0 Å². The average molecular weight is 366 g/mol. The molecule has 0 fully saturated rings. The highest BCUT2D eigenvalue weighted by molar-refractivity contribution is 9.10. The molecule has 0 spiro atoms. The summed E-state index contributed by atoms with van der Waals surface area (Å²) in [6.07, 6.45) is 2.13. The summed E-state index contributed by atoms with van der Waals surface area (Å²) in [6, 6.07) is 5.64. The Morgan fingerprint density at radius 3 is 2.77 bits per heavy atom. The Morgan fingerprint density at radius 1 is 1.41 bits per heavy atom. The van der Waals surface area contributed by atoms with Crippen LogP contribution in [0.5, 0.6) is 5.75 Å². The summed E-state index contributed by atoms with van der Waals surface area (Å²) in [4.78, 5) is 12.2. The summed E-state index contributed by atoms with van der Waals surface area (Å²) in [6.45, 7) is 6.62. The lowest BCUT2D eigenvalue weighted by atomic mass is 10.2. The van der Waals surface area contributed by atoms with Crippen molar-refractivity contribution >= 4 is 27.5 Å². The van der Waals surface area contributed by atoms with Crippen LogP contribution < -0.4 is 10.1 Å². The number of rotatable bonds is 6. The normalized spacial score (nSPS) is 10.5. The fourth-order valence-corrected chi connectivity index (χ4v) is 2.31. The standard InChI is InChI=1S/C16H20BrN3O2/c1-4-5-8-22-12-6-7-13(10(2)9-12)18-16(21)15-14(17)11(3)19-20-15/h6-7,9H,4-5,8H2,1-3H3,(H,18,21)(H,19,20). The molecule has 1 aromatic carbocycles. The topological polar surface area (TPSA) is 67.0 Å². The van der Waals surface area contributed by atoms with E-state index in [1.165, 1.54) is 0 Å². The number of halogens is 1. The molecule has 2 N–H and O–H groups in total. The Labute approximate surface area is 138 Å². The minimum Gasteiger partial charge on any atom is -0.494 e. The molecule has 0 unspecified atom stereocenters. The molecular formula is C16H20BrN3O2. The Morgan fingerprint density at radius 2 is 2.18 bits per heavy atom. The maximum atomic E-state index is 12.2. The molecule has 0 aliphatic carbocycles. The van der Waals surface area contributed by atoms with E-state index >= 15 is 0 Å². The number of H-pyrrole nitrogens is 1. The Hall–Kier alpha value is -1.82. The number of aromatic nitrogens is 2. The van der Waals surface area contributed by atoms with E-state index in [1.807, 2.05) is 32.0 Å². The fourth-order valence-electron chi connectivity index (χ4n) is 1.95. The number of carbonyl (C=O) groups excluding carboxylic acids is 1. The molecule has 0 bridgehead atoms. The van der Waals surface area contributed by atoms with E-state index in [0.717, 1.165) is 35.5 Å². The number of hydrogen-bond donors (Lipinski definition) is 2. The number of nitrogens with zero attached hydrogens (tertiary/aromatic N) is 1. The van der Waals surface area contributed by atoms with Gasteiger partial charge in [-0.3, -0.25) is 9.89 Å². The first-order valence-corrected chi connectivity index (χ1v) is 8.07. The molecular weight excluding hydrogens is 346 g/mol. The number of unbranched alkanes of at least 4 members (excludes halogenated alkanes) is 1. The Balaban J connectivity index is 2.06. The fraction of sp³-hybridized carbons (Fsp3) is 0.375. The number of benzene rings is 1. The SMILES string of the molecule is CCCCOc1ccc(NC(=O)c2n[nH]c(C)c2Br)c(C)c1. The summed E-state index contributed by atoms with van der Waals surface area (Å²) in [5.41, 5.74) is 2.87. The van der Waals surface area contributed by atoms with Crippen LogP contribution in [0, 0.1) is 13.8 Å². The van der Waals surface area contributed by atoms with Gasteiger partial charge in [0.25, 0.3) is 5.91 Å². The first-order valence-electron chi connectivity index (χ1n) is 7.28. The smallest absolute Gasteiger partial charge is 0.277 e. The molecule has 1 heterocycles. The minimum absolute atomic E-state index is 0.251. The van der Waals surface area contributed by atoms with Crippen LogP contribution in [0.2, 0.25) is 0 Å². The number of ether oxygens (including phenoxy) is 1. The second-order valence-electron chi connectivity index (χ2n) is 5.14. The first kappa shape index (κ1) is 16.5. The monoisotopic (exact) mass is 365 g/mol. The molecule has 2 rings (SSSR count). The molecule has 0 saturated carbocycles. The predicted molar refractivity (Wildman–Crippen MR) is 90.6 cm³/mol. The summed E-state index contributed by atoms with van der Waals surface area (Å²) >= 11 is 3.35. The molecule has 22 heavy (non-hydrogen) atoms. The highest BCUT2D eigenvalue weighted by Gasteiger charge is 2.16. The molecule has 0 atom stereocenters. The van der Waals surface area contributed by atoms with Gasteiger partial charge in [-0.15, -0.1) is 0 Å². The van der Waals surface area contributed by atoms with Crippen LogP contribution >= 0.6 is 15.9 Å². The molecule has 1 amide bonds. The van der Waals surface area contributed by atoms with Crippen LogP contribution in [-0.4, -0.2) is 22.7 Å². The molecule has 0 aliphatic heterocycles. The zero-order valence-electron chi connectivity index (χ0n) is 13.0. The molecule has 0 saturated heterocycles. The number of hydrogen-bond acceptors (Lipinski definition) is 3. The van der Waals surface area contributed by atoms with Crippen molar-refractivity contribution < 1.29 is 9.53 Å². The minimum atomic E-state index is -0.251. The molecule has 2 aromatic rings. The van der Waals surface area contributed by atoms with Crippen molar-refractivity contribution in [2.75, 3.05) is 11.9 Å². The van der Waals surface area contributed by atoms with Crippen molar-refractivity contribution in [1.29, 1.82) is 0 Å². The number of anilines is 1. The van der Waals surface area contributed by atoms with Crippen LogP contribution in [0.1, 0.15) is 41.5 Å². The van der Waals surface area contributed by atoms with Gasteiger partial charge in [0.2, 0.25) is 0 Å². The number of carbonyl (C=O) groups is 1. The van der Waals surface area contributed by atoms with E-state index in [-0.39, 0.29) is 5.91 Å². The molecule has 0 aliphatic rings. The van der Waals surface area contributed by atoms with E-state index in [9.17, 15) is 4.79 Å². The van der Waals surface area contributed by atoms with Gasteiger partial charge < -0.3 is 10.1 Å². The van der Waals surface area contributed by atoms with Crippen LogP contribution in [-0.2, 0) is 0 Å². The zero-order valence-corrected chi connectivity index (χ0v) is 14.6. The van der Waals surface area contributed by atoms with E-state index in [4.69, 9.17) is 4.74 Å². The van der Waals surface area contributed by atoms with E-state index < -0.39 is 0 Å². The van der Waals surface area contributed by atoms with Gasteiger partial charge in [0, 0.05) is 11.4 Å². The lowest BCUT2D eigenvalue weighted by Crippen LogP contribution is -2.14. The molecule has 6 heteroatoms. The van der Waals surface area contributed by atoms with Crippen LogP contribution in [0.25, 0.3) is 0 Å². The van der Waals surface area contributed by atoms with Gasteiger partial charge in [0.05, 0.1) is 11.1 Å². The van der Waals surface area contributed by atoms with Gasteiger partial charge in [0.1, 0.15) is 5.75 Å². The number of nitrogens with one attached hydrogen (secondary N) is 2. The van der Waals surface area contributed by atoms with Crippen molar-refractivity contribution in [2.45, 2.75) is 33.6 Å². The maximum Gasteiger partial charge on any atom is 0.277 e. The van der Waals surface area contributed by atoms with Gasteiger partial charge in [-0.05, 0) is 60.0 Å². The van der Waals surface area contributed by atoms with Crippen LogP contribution in [0.4, 0.5) is 5.69 Å². The van der Waals surface area contributed by atoms with Gasteiger partial charge in [-0.2, -0.15) is 5.10 Å². The third-order valence-corrected chi connectivity index (χ3v) is 4.27. The summed E-state index contributed by atoms with van der Waals surface area (Å²) in [5, 5.41) is 9.65. The number of aromatic amines is 1. The third-order valence-electron chi connectivity index (χ3n) is 3.30. The van der Waals surface area contributed by atoms with Crippen molar-refractivity contribution in [1.82, 2.24) is 10.2 Å². The van der Waals surface area contributed by atoms with E-state index in [2.05, 4.69) is 38.4 Å². The van der Waals surface area contributed by atoms with Gasteiger partial charge in [0.15, 0.2) is 5.69 Å². The number of aryl methyl sites for hydroxylation is 2. The first-order chi connectivity index (χ1) is 10.5. The quantitative estimate of drug-likeness (QED) is 0.753. The largest absolute Gasteiger partial charge is 0.494 e. The summed E-state index contributed by atoms with van der Waals surface area (Å²) < 4.78 is 6.34. The molecule has 118 valence electrons. The lowest BCUT2D eigenvalue weighted by molar-refractivity contribution is 0.102. The summed E-state index contributed by atoms with van der Waals surface area (Å²) in [5.74, 6) is 0.569. The van der Waals surface area contributed by atoms with Crippen LogP contribution in [0.3, 0.4) is 0 Å². The second kappa shape index (κ2) is 7.45. The lowest BCUT2D eigenvalue weighted by Gasteiger charge is -2.10. The molecule has 0 radical (unpaired) electrons. The third kappa shape index (κ3) is 3.88. The van der Waals surface area contributed by atoms with Crippen molar-refractivity contribution in [2.24, 2.45) is 0 Å². The highest BCUT2D eigenvalue weighted by Crippen LogP contribution is 2.24. The maximum absolute atomic E-state index is 12.2. The average Bonchev–Trinajstić information content (AvgIpc) is 2.82. The van der Waals surface area contributed by atoms with E-state index in [0.29, 0.717) is 16.8 Å². The summed E-state index contributed by atoms with van der Waals surface area (Å²) in [7, 11) is 0. The second-order valence-corrected chi connectivity index (χ2v) is 5.94. The van der Waals surface area contributed by atoms with Gasteiger partial charge in [-0.25, -0.2) is 0 Å². The Kier molecular flexibility index (Phi) is 5.60.